The zero-order valence-corrected chi connectivity index (χ0v) is 11.4. The van der Waals surface area contributed by atoms with Crippen molar-refractivity contribution in [3.63, 3.8) is 0 Å². The Labute approximate surface area is 105 Å². The fourth-order valence-electron chi connectivity index (χ4n) is 2.74. The van der Waals surface area contributed by atoms with Crippen LogP contribution in [0.2, 0.25) is 0 Å². The van der Waals surface area contributed by atoms with Crippen LogP contribution in [0.5, 0.6) is 0 Å². The topological polar surface area (TPSA) is 25.8 Å². The second-order valence-corrected chi connectivity index (χ2v) is 5.45. The minimum Gasteiger partial charge on any atom is -0.238 e. The SMILES string of the molecule is CCCCCc1nc(C)nc2c1CC(C)CC2. The molecule has 94 valence electrons. The molecule has 0 saturated heterocycles. The number of hydrogen-bond donors (Lipinski definition) is 0. The molecule has 0 radical (unpaired) electrons. The van der Waals surface area contributed by atoms with Crippen molar-refractivity contribution in [2.75, 3.05) is 0 Å². The largest absolute Gasteiger partial charge is 0.238 e. The molecule has 0 N–H and O–H groups in total. The number of nitrogens with zero attached hydrogens (tertiary/aromatic N) is 2. The predicted octanol–water partition coefficient (Wildman–Crippen LogP) is 3.64. The van der Waals surface area contributed by atoms with Gasteiger partial charge in [-0.25, -0.2) is 9.97 Å². The van der Waals surface area contributed by atoms with E-state index in [1.165, 1.54) is 49.1 Å². The van der Waals surface area contributed by atoms with Crippen molar-refractivity contribution in [1.82, 2.24) is 9.97 Å². The molecule has 0 spiro atoms. The van der Waals surface area contributed by atoms with Gasteiger partial charge in [0.15, 0.2) is 0 Å². The van der Waals surface area contributed by atoms with E-state index in [0.717, 1.165) is 24.6 Å². The van der Waals surface area contributed by atoms with Crippen LogP contribution in [0.15, 0.2) is 0 Å². The molecule has 17 heavy (non-hydrogen) atoms. The molecule has 2 nitrogen and oxygen atoms in total. The highest BCUT2D eigenvalue weighted by molar-refractivity contribution is 5.29. The van der Waals surface area contributed by atoms with Crippen molar-refractivity contribution in [2.24, 2.45) is 5.92 Å². The van der Waals surface area contributed by atoms with Gasteiger partial charge < -0.3 is 0 Å². The second kappa shape index (κ2) is 5.61. The molecule has 0 aromatic carbocycles. The van der Waals surface area contributed by atoms with Crippen molar-refractivity contribution in [3.8, 4) is 0 Å². The zero-order chi connectivity index (χ0) is 12.3. The van der Waals surface area contributed by atoms with Gasteiger partial charge in [0.25, 0.3) is 0 Å². The molecular formula is C15H24N2. The summed E-state index contributed by atoms with van der Waals surface area (Å²) in [5, 5.41) is 0. The van der Waals surface area contributed by atoms with Gasteiger partial charge in [-0.15, -0.1) is 0 Å². The lowest BCUT2D eigenvalue weighted by molar-refractivity contribution is 0.485. The second-order valence-electron chi connectivity index (χ2n) is 5.45. The van der Waals surface area contributed by atoms with Gasteiger partial charge in [-0.2, -0.15) is 0 Å². The molecule has 1 unspecified atom stereocenters. The van der Waals surface area contributed by atoms with Gasteiger partial charge in [-0.3, -0.25) is 0 Å². The van der Waals surface area contributed by atoms with Crippen LogP contribution in [-0.4, -0.2) is 9.97 Å². The highest BCUT2D eigenvalue weighted by Gasteiger charge is 2.20. The van der Waals surface area contributed by atoms with E-state index < -0.39 is 0 Å². The first kappa shape index (κ1) is 12.5. The van der Waals surface area contributed by atoms with Crippen LogP contribution in [0.25, 0.3) is 0 Å². The Hall–Kier alpha value is -0.920. The Kier molecular flexibility index (Phi) is 4.14. The van der Waals surface area contributed by atoms with E-state index in [-0.39, 0.29) is 0 Å². The number of aryl methyl sites for hydroxylation is 3. The number of fused-ring (bicyclic) bond motifs is 1. The van der Waals surface area contributed by atoms with Gasteiger partial charge in [0.05, 0.1) is 0 Å². The summed E-state index contributed by atoms with van der Waals surface area (Å²) in [7, 11) is 0. The third kappa shape index (κ3) is 3.05. The maximum Gasteiger partial charge on any atom is 0.125 e. The van der Waals surface area contributed by atoms with E-state index >= 15 is 0 Å². The van der Waals surface area contributed by atoms with E-state index in [0.29, 0.717) is 0 Å². The highest BCUT2D eigenvalue weighted by Crippen LogP contribution is 2.26. The number of unbranched alkanes of at least 4 members (excludes halogenated alkanes) is 2. The van der Waals surface area contributed by atoms with Crippen LogP contribution in [0, 0.1) is 12.8 Å². The van der Waals surface area contributed by atoms with Crippen LogP contribution in [0.1, 0.15) is 62.3 Å². The molecule has 0 amide bonds. The molecule has 1 heterocycles. The van der Waals surface area contributed by atoms with Gasteiger partial charge >= 0.3 is 0 Å². The molecule has 0 bridgehead atoms. The summed E-state index contributed by atoms with van der Waals surface area (Å²) in [5.74, 6) is 1.77. The van der Waals surface area contributed by atoms with Gasteiger partial charge in [-0.1, -0.05) is 26.7 Å². The lowest BCUT2D eigenvalue weighted by Crippen LogP contribution is -2.17. The zero-order valence-electron chi connectivity index (χ0n) is 11.4. The molecule has 0 saturated carbocycles. The van der Waals surface area contributed by atoms with Gasteiger partial charge in [0.1, 0.15) is 5.82 Å². The van der Waals surface area contributed by atoms with Crippen molar-refractivity contribution < 1.29 is 0 Å². The maximum absolute atomic E-state index is 4.68. The van der Waals surface area contributed by atoms with Crippen LogP contribution in [0.3, 0.4) is 0 Å². The van der Waals surface area contributed by atoms with Crippen LogP contribution in [-0.2, 0) is 19.3 Å². The van der Waals surface area contributed by atoms with Gasteiger partial charge in [0.2, 0.25) is 0 Å². The van der Waals surface area contributed by atoms with Crippen molar-refractivity contribution in [1.29, 1.82) is 0 Å². The van der Waals surface area contributed by atoms with E-state index in [2.05, 4.69) is 23.8 Å². The molecule has 1 aromatic heterocycles. The lowest BCUT2D eigenvalue weighted by Gasteiger charge is -2.23. The summed E-state index contributed by atoms with van der Waals surface area (Å²) in [6.07, 6.45) is 8.64. The summed E-state index contributed by atoms with van der Waals surface area (Å²) >= 11 is 0. The van der Waals surface area contributed by atoms with Gasteiger partial charge in [0, 0.05) is 11.4 Å². The summed E-state index contributed by atoms with van der Waals surface area (Å²) in [6.45, 7) is 6.63. The normalized spacial score (nSPS) is 19.1. The Bertz CT molecular complexity index is 385. The summed E-state index contributed by atoms with van der Waals surface area (Å²) in [4.78, 5) is 9.31. The summed E-state index contributed by atoms with van der Waals surface area (Å²) in [5.41, 5.74) is 4.15. The predicted molar refractivity (Wildman–Crippen MR) is 71.2 cm³/mol. The van der Waals surface area contributed by atoms with Crippen LogP contribution >= 0.6 is 0 Å². The first-order valence-corrected chi connectivity index (χ1v) is 7.06. The average Bonchev–Trinajstić information content (AvgIpc) is 2.30. The Morgan fingerprint density at radius 1 is 1.24 bits per heavy atom. The number of aromatic nitrogens is 2. The maximum atomic E-state index is 4.68. The van der Waals surface area contributed by atoms with Crippen molar-refractivity contribution >= 4 is 0 Å². The average molecular weight is 232 g/mol. The Morgan fingerprint density at radius 2 is 2.06 bits per heavy atom. The Balaban J connectivity index is 2.21. The first-order valence-electron chi connectivity index (χ1n) is 7.06. The molecule has 0 aliphatic heterocycles. The van der Waals surface area contributed by atoms with Crippen molar-refractivity contribution in [3.05, 3.63) is 22.8 Å². The fraction of sp³-hybridized carbons (Fsp3) is 0.733. The molecule has 0 fully saturated rings. The first-order chi connectivity index (χ1) is 8.20. The van der Waals surface area contributed by atoms with Crippen LogP contribution in [0.4, 0.5) is 0 Å². The molecule has 2 heteroatoms. The molecule has 1 aliphatic carbocycles. The van der Waals surface area contributed by atoms with E-state index in [1.54, 1.807) is 0 Å². The van der Waals surface area contributed by atoms with E-state index in [9.17, 15) is 0 Å². The molecule has 1 atom stereocenters. The van der Waals surface area contributed by atoms with Crippen LogP contribution < -0.4 is 0 Å². The number of rotatable bonds is 4. The van der Waals surface area contributed by atoms with Crippen molar-refractivity contribution in [2.45, 2.75) is 65.7 Å². The molecule has 2 rings (SSSR count). The molecular weight excluding hydrogens is 208 g/mol. The third-order valence-electron chi connectivity index (χ3n) is 3.73. The fourth-order valence-corrected chi connectivity index (χ4v) is 2.74. The van der Waals surface area contributed by atoms with Gasteiger partial charge in [-0.05, 0) is 50.5 Å². The molecule has 1 aromatic rings. The van der Waals surface area contributed by atoms with E-state index in [1.807, 2.05) is 6.92 Å². The smallest absolute Gasteiger partial charge is 0.125 e. The minimum absolute atomic E-state index is 0.804. The lowest BCUT2D eigenvalue weighted by atomic mass is 9.86. The Morgan fingerprint density at radius 3 is 2.82 bits per heavy atom. The highest BCUT2D eigenvalue weighted by atomic mass is 14.9. The van der Waals surface area contributed by atoms with E-state index in [4.69, 9.17) is 0 Å². The third-order valence-corrected chi connectivity index (χ3v) is 3.73. The number of hydrogen-bond acceptors (Lipinski definition) is 2. The standard InChI is InChI=1S/C15H24N2/c1-4-5-6-7-14-13-10-11(2)8-9-15(13)17-12(3)16-14/h11H,4-10H2,1-3H3. The monoisotopic (exact) mass is 232 g/mol. The summed E-state index contributed by atoms with van der Waals surface area (Å²) in [6, 6.07) is 0. The summed E-state index contributed by atoms with van der Waals surface area (Å²) < 4.78 is 0. The molecule has 1 aliphatic rings. The minimum atomic E-state index is 0.804. The quantitative estimate of drug-likeness (QED) is 0.741.